The van der Waals surface area contributed by atoms with Crippen molar-refractivity contribution in [2.75, 3.05) is 13.1 Å². The van der Waals surface area contributed by atoms with Crippen molar-refractivity contribution >= 4 is 23.2 Å². The van der Waals surface area contributed by atoms with Crippen LogP contribution in [0.3, 0.4) is 0 Å². The van der Waals surface area contributed by atoms with Crippen molar-refractivity contribution < 1.29 is 14.0 Å². The molecule has 2 rings (SSSR count). The number of hydrogen-bond acceptors (Lipinski definition) is 3. The smallest absolute Gasteiger partial charge is 0.252 e. The molecule has 1 aromatic heterocycles. The van der Waals surface area contributed by atoms with Crippen LogP contribution in [-0.2, 0) is 11.2 Å². The van der Waals surface area contributed by atoms with E-state index in [1.165, 1.54) is 17.4 Å². The molecule has 0 atom stereocenters. The fourth-order valence-corrected chi connectivity index (χ4v) is 2.55. The molecule has 0 aliphatic heterocycles. The number of thiophene rings is 1. The molecule has 0 aliphatic carbocycles. The van der Waals surface area contributed by atoms with Gasteiger partial charge in [0.25, 0.3) is 5.91 Å². The molecule has 0 spiro atoms. The molecule has 2 amide bonds. The summed E-state index contributed by atoms with van der Waals surface area (Å²) in [7, 11) is 0. The molecule has 0 saturated heterocycles. The molecule has 0 saturated carbocycles. The summed E-state index contributed by atoms with van der Waals surface area (Å²) in [5.74, 6) is -0.609. The number of carbonyl (C=O) groups excluding carboxylic acids is 2. The number of nitrogens with one attached hydrogen (secondary N) is 2. The largest absolute Gasteiger partial charge is 0.356 e. The monoisotopic (exact) mass is 320 g/mol. The summed E-state index contributed by atoms with van der Waals surface area (Å²) < 4.78 is 13.4. The first-order valence-electron chi connectivity index (χ1n) is 6.97. The first-order valence-corrected chi connectivity index (χ1v) is 7.91. The van der Waals surface area contributed by atoms with Gasteiger partial charge in [0.1, 0.15) is 5.82 Å². The van der Waals surface area contributed by atoms with Gasteiger partial charge in [-0.25, -0.2) is 4.39 Å². The van der Waals surface area contributed by atoms with Gasteiger partial charge < -0.3 is 10.6 Å². The maximum absolute atomic E-state index is 13.4. The SMILES string of the molecule is O=C(CCNC(=O)c1ccsc1)NCCc1ccccc1F. The highest BCUT2D eigenvalue weighted by atomic mass is 32.1. The first-order chi connectivity index (χ1) is 10.7. The molecular weight excluding hydrogens is 303 g/mol. The van der Waals surface area contributed by atoms with Crippen molar-refractivity contribution in [1.82, 2.24) is 10.6 Å². The third kappa shape index (κ3) is 4.96. The van der Waals surface area contributed by atoms with Crippen LogP contribution < -0.4 is 10.6 Å². The summed E-state index contributed by atoms with van der Waals surface area (Å²) in [5, 5.41) is 8.97. The van der Waals surface area contributed by atoms with Crippen molar-refractivity contribution in [3.05, 3.63) is 58.0 Å². The van der Waals surface area contributed by atoms with Crippen LogP contribution in [0.5, 0.6) is 0 Å². The third-order valence-corrected chi connectivity index (χ3v) is 3.78. The molecule has 4 nitrogen and oxygen atoms in total. The van der Waals surface area contributed by atoms with Crippen molar-refractivity contribution in [2.45, 2.75) is 12.8 Å². The number of hydrogen-bond donors (Lipinski definition) is 2. The zero-order chi connectivity index (χ0) is 15.8. The third-order valence-electron chi connectivity index (χ3n) is 3.10. The lowest BCUT2D eigenvalue weighted by atomic mass is 10.1. The molecule has 0 aliphatic rings. The summed E-state index contributed by atoms with van der Waals surface area (Å²) in [4.78, 5) is 23.3. The van der Waals surface area contributed by atoms with Gasteiger partial charge in [0.05, 0.1) is 0 Å². The molecule has 0 radical (unpaired) electrons. The molecule has 2 aromatic rings. The Morgan fingerprint density at radius 1 is 1.09 bits per heavy atom. The molecule has 0 fully saturated rings. The van der Waals surface area contributed by atoms with Crippen molar-refractivity contribution in [1.29, 1.82) is 0 Å². The topological polar surface area (TPSA) is 58.2 Å². The zero-order valence-corrected chi connectivity index (χ0v) is 12.8. The van der Waals surface area contributed by atoms with E-state index < -0.39 is 0 Å². The van der Waals surface area contributed by atoms with Crippen molar-refractivity contribution in [3.63, 3.8) is 0 Å². The first kappa shape index (κ1) is 16.2. The fourth-order valence-electron chi connectivity index (χ4n) is 1.91. The van der Waals surface area contributed by atoms with Gasteiger partial charge in [-0.3, -0.25) is 9.59 Å². The second-order valence-corrected chi connectivity index (χ2v) is 5.49. The Morgan fingerprint density at radius 2 is 1.91 bits per heavy atom. The van der Waals surface area contributed by atoms with Gasteiger partial charge >= 0.3 is 0 Å². The Hall–Kier alpha value is -2.21. The minimum Gasteiger partial charge on any atom is -0.356 e. The van der Waals surface area contributed by atoms with Gasteiger partial charge in [-0.15, -0.1) is 0 Å². The van der Waals surface area contributed by atoms with Crippen LogP contribution in [0.4, 0.5) is 4.39 Å². The highest BCUT2D eigenvalue weighted by Gasteiger charge is 2.07. The van der Waals surface area contributed by atoms with Gasteiger partial charge in [-0.05, 0) is 29.5 Å². The number of carbonyl (C=O) groups is 2. The molecule has 116 valence electrons. The quantitative estimate of drug-likeness (QED) is 0.823. The van der Waals surface area contributed by atoms with Gasteiger partial charge in [-0.2, -0.15) is 11.3 Å². The molecule has 2 N–H and O–H groups in total. The van der Waals surface area contributed by atoms with Crippen LogP contribution in [0.15, 0.2) is 41.1 Å². The van der Waals surface area contributed by atoms with Crippen molar-refractivity contribution in [2.24, 2.45) is 0 Å². The van der Waals surface area contributed by atoms with Crippen LogP contribution in [-0.4, -0.2) is 24.9 Å². The fraction of sp³-hybridized carbons (Fsp3) is 0.250. The Balaban J connectivity index is 1.62. The van der Waals surface area contributed by atoms with Crippen LogP contribution >= 0.6 is 11.3 Å². The molecule has 0 unspecified atom stereocenters. The average molecular weight is 320 g/mol. The number of halogens is 1. The Kier molecular flexibility index (Phi) is 6.09. The lowest BCUT2D eigenvalue weighted by Crippen LogP contribution is -2.31. The van der Waals surface area contributed by atoms with E-state index >= 15 is 0 Å². The maximum Gasteiger partial charge on any atom is 0.252 e. The van der Waals surface area contributed by atoms with E-state index in [4.69, 9.17) is 0 Å². The predicted octanol–water partition coefficient (Wildman–Crippen LogP) is 2.37. The summed E-state index contributed by atoms with van der Waals surface area (Å²) in [5.41, 5.74) is 1.18. The molecule has 0 bridgehead atoms. The summed E-state index contributed by atoms with van der Waals surface area (Å²) in [6, 6.07) is 8.22. The molecule has 1 aromatic carbocycles. The number of benzene rings is 1. The molecule has 6 heteroatoms. The Labute approximate surface area is 132 Å². The van der Waals surface area contributed by atoms with E-state index in [0.717, 1.165) is 0 Å². The summed E-state index contributed by atoms with van der Waals surface area (Å²) >= 11 is 1.45. The standard InChI is InChI=1S/C16H17FN2O2S/c17-14-4-2-1-3-12(14)5-8-18-15(20)6-9-19-16(21)13-7-10-22-11-13/h1-4,7,10-11H,5-6,8-9H2,(H,18,20)(H,19,21). The lowest BCUT2D eigenvalue weighted by molar-refractivity contribution is -0.120. The van der Waals surface area contributed by atoms with E-state index in [2.05, 4.69) is 10.6 Å². The lowest BCUT2D eigenvalue weighted by Gasteiger charge is -2.07. The predicted molar refractivity (Wildman–Crippen MR) is 84.4 cm³/mol. The van der Waals surface area contributed by atoms with E-state index in [1.54, 1.807) is 29.6 Å². The van der Waals surface area contributed by atoms with Gasteiger partial charge in [-0.1, -0.05) is 18.2 Å². The summed E-state index contributed by atoms with van der Waals surface area (Å²) in [6.45, 7) is 0.651. The van der Waals surface area contributed by atoms with E-state index in [1.807, 2.05) is 5.38 Å². The van der Waals surface area contributed by atoms with Gasteiger partial charge in [0, 0.05) is 30.5 Å². The minimum atomic E-state index is -0.264. The zero-order valence-electron chi connectivity index (χ0n) is 12.0. The van der Waals surface area contributed by atoms with Gasteiger partial charge in [0.15, 0.2) is 0 Å². The highest BCUT2D eigenvalue weighted by Crippen LogP contribution is 2.06. The molecule has 22 heavy (non-hydrogen) atoms. The van der Waals surface area contributed by atoms with Crippen molar-refractivity contribution in [3.8, 4) is 0 Å². The number of amides is 2. The summed E-state index contributed by atoms with van der Waals surface area (Å²) in [6.07, 6.45) is 0.646. The average Bonchev–Trinajstić information content (AvgIpc) is 3.03. The highest BCUT2D eigenvalue weighted by molar-refractivity contribution is 7.08. The molecule has 1 heterocycles. The normalized spacial score (nSPS) is 10.2. The van der Waals surface area contributed by atoms with Crippen LogP contribution in [0.1, 0.15) is 22.3 Å². The van der Waals surface area contributed by atoms with E-state index in [0.29, 0.717) is 24.1 Å². The van der Waals surface area contributed by atoms with Crippen LogP contribution in [0, 0.1) is 5.82 Å². The Morgan fingerprint density at radius 3 is 2.64 bits per heavy atom. The Bertz CT molecular complexity index is 629. The second-order valence-electron chi connectivity index (χ2n) is 4.71. The maximum atomic E-state index is 13.4. The van der Waals surface area contributed by atoms with E-state index in [-0.39, 0.29) is 30.6 Å². The minimum absolute atomic E-state index is 0.165. The van der Waals surface area contributed by atoms with Gasteiger partial charge in [0.2, 0.25) is 5.91 Å². The number of rotatable bonds is 7. The van der Waals surface area contributed by atoms with E-state index in [9.17, 15) is 14.0 Å². The van der Waals surface area contributed by atoms with Crippen LogP contribution in [0.25, 0.3) is 0 Å². The second kappa shape index (κ2) is 8.29. The van der Waals surface area contributed by atoms with Crippen LogP contribution in [0.2, 0.25) is 0 Å². The molecular formula is C16H17FN2O2S.